The fraction of sp³-hybridized carbons (Fsp3) is 0.417. The highest BCUT2D eigenvalue weighted by atomic mass is 16.5. The normalized spacial score (nSPS) is 18.3. The average Bonchev–Trinajstić information content (AvgIpc) is 2.33. The van der Waals surface area contributed by atoms with Crippen LogP contribution in [0.15, 0.2) is 30.3 Å². The minimum Gasteiger partial charge on any atom is -0.459 e. The Kier molecular flexibility index (Phi) is 3.54. The lowest BCUT2D eigenvalue weighted by molar-refractivity contribution is -0.123. The summed E-state index contributed by atoms with van der Waals surface area (Å²) in [6.07, 6.45) is 1.31. The van der Waals surface area contributed by atoms with E-state index in [1.807, 2.05) is 18.2 Å². The van der Waals surface area contributed by atoms with Crippen molar-refractivity contribution in [2.75, 3.05) is 13.1 Å². The van der Waals surface area contributed by atoms with Gasteiger partial charge in [0.05, 0.1) is 5.56 Å². The van der Waals surface area contributed by atoms with Crippen LogP contribution in [0.3, 0.4) is 0 Å². The van der Waals surface area contributed by atoms with Crippen LogP contribution in [0.25, 0.3) is 0 Å². The lowest BCUT2D eigenvalue weighted by atomic mass is 10.1. The van der Waals surface area contributed by atoms with Gasteiger partial charge in [-0.05, 0) is 25.0 Å². The molecule has 0 amide bonds. The summed E-state index contributed by atoms with van der Waals surface area (Å²) in [4.78, 5) is 11.7. The van der Waals surface area contributed by atoms with Crippen molar-refractivity contribution in [2.45, 2.75) is 18.9 Å². The van der Waals surface area contributed by atoms with Crippen LogP contribution in [0, 0.1) is 0 Å². The first kappa shape index (κ1) is 11.1. The third kappa shape index (κ3) is 2.81. The zero-order valence-electron chi connectivity index (χ0n) is 9.00. The quantitative estimate of drug-likeness (QED) is 0.772. The summed E-state index contributed by atoms with van der Waals surface area (Å²) >= 11 is 0. The maximum absolute atomic E-state index is 11.7. The molecule has 86 valence electrons. The highest BCUT2D eigenvalue weighted by Gasteiger charge is 2.21. The summed E-state index contributed by atoms with van der Waals surface area (Å²) in [5, 5.41) is 10.4. The molecule has 0 atom stereocenters. The fourth-order valence-electron chi connectivity index (χ4n) is 1.75. The number of rotatable bonds is 2. The first-order chi connectivity index (χ1) is 7.75. The van der Waals surface area contributed by atoms with Crippen LogP contribution in [0.2, 0.25) is 0 Å². The van der Waals surface area contributed by atoms with Crippen LogP contribution in [0.1, 0.15) is 23.2 Å². The minimum absolute atomic E-state index is 0.0730. The number of piperidine rings is 1. The molecule has 0 aliphatic carbocycles. The number of nitrogens with zero attached hydrogens (tertiary/aromatic N) is 1. The molecule has 1 fully saturated rings. The van der Waals surface area contributed by atoms with E-state index in [1.54, 1.807) is 12.1 Å². The molecule has 0 aromatic heterocycles. The molecule has 1 aromatic carbocycles. The molecular formula is C12H15NO3. The Labute approximate surface area is 94.4 Å². The SMILES string of the molecule is O=C(OC1CCN(O)CC1)c1ccccc1. The molecule has 1 aromatic rings. The monoisotopic (exact) mass is 221 g/mol. The second-order valence-electron chi connectivity index (χ2n) is 3.92. The summed E-state index contributed by atoms with van der Waals surface area (Å²) in [7, 11) is 0. The van der Waals surface area contributed by atoms with Crippen LogP contribution < -0.4 is 0 Å². The van der Waals surface area contributed by atoms with Gasteiger partial charge < -0.3 is 9.94 Å². The molecule has 0 saturated carbocycles. The first-order valence-electron chi connectivity index (χ1n) is 5.45. The van der Waals surface area contributed by atoms with Crippen LogP contribution in [0.5, 0.6) is 0 Å². The van der Waals surface area contributed by atoms with Crippen molar-refractivity contribution in [1.29, 1.82) is 0 Å². The second kappa shape index (κ2) is 5.09. The van der Waals surface area contributed by atoms with Crippen molar-refractivity contribution in [3.8, 4) is 0 Å². The molecule has 0 unspecified atom stereocenters. The Hall–Kier alpha value is -1.39. The van der Waals surface area contributed by atoms with Crippen LogP contribution >= 0.6 is 0 Å². The standard InChI is InChI=1S/C12H15NO3/c14-12(10-4-2-1-3-5-10)16-11-6-8-13(15)9-7-11/h1-5,11,15H,6-9H2. The Bertz CT molecular complexity index is 345. The number of ether oxygens (including phenoxy) is 1. The second-order valence-corrected chi connectivity index (χ2v) is 3.92. The maximum atomic E-state index is 11.7. The molecule has 1 N–H and O–H groups in total. The smallest absolute Gasteiger partial charge is 0.338 e. The van der Waals surface area contributed by atoms with Gasteiger partial charge in [0.1, 0.15) is 6.10 Å². The molecule has 4 heteroatoms. The molecular weight excluding hydrogens is 206 g/mol. The van der Waals surface area contributed by atoms with Crippen molar-refractivity contribution in [3.05, 3.63) is 35.9 Å². The van der Waals surface area contributed by atoms with Crippen molar-refractivity contribution < 1.29 is 14.7 Å². The zero-order chi connectivity index (χ0) is 11.4. The zero-order valence-corrected chi connectivity index (χ0v) is 9.00. The van der Waals surface area contributed by atoms with Gasteiger partial charge in [-0.15, -0.1) is 0 Å². The van der Waals surface area contributed by atoms with Crippen molar-refractivity contribution in [2.24, 2.45) is 0 Å². The number of carbonyl (C=O) groups is 1. The molecule has 4 nitrogen and oxygen atoms in total. The van der Waals surface area contributed by atoms with Crippen LogP contribution in [0.4, 0.5) is 0 Å². The molecule has 2 rings (SSSR count). The first-order valence-corrected chi connectivity index (χ1v) is 5.45. The van der Waals surface area contributed by atoms with Gasteiger partial charge >= 0.3 is 5.97 Å². The Morgan fingerprint density at radius 1 is 1.25 bits per heavy atom. The topological polar surface area (TPSA) is 49.8 Å². The van der Waals surface area contributed by atoms with E-state index < -0.39 is 0 Å². The Balaban J connectivity index is 1.88. The highest BCUT2D eigenvalue weighted by Crippen LogP contribution is 2.14. The summed E-state index contributed by atoms with van der Waals surface area (Å²) < 4.78 is 5.35. The van der Waals surface area contributed by atoms with E-state index >= 15 is 0 Å². The van der Waals surface area contributed by atoms with Gasteiger partial charge in [0.25, 0.3) is 0 Å². The van der Waals surface area contributed by atoms with E-state index in [4.69, 9.17) is 4.74 Å². The number of hydroxylamine groups is 2. The van der Waals surface area contributed by atoms with Crippen molar-refractivity contribution in [1.82, 2.24) is 5.06 Å². The number of hydrogen-bond acceptors (Lipinski definition) is 4. The number of carbonyl (C=O) groups excluding carboxylic acids is 1. The number of hydrogen-bond donors (Lipinski definition) is 1. The van der Waals surface area contributed by atoms with E-state index in [2.05, 4.69) is 0 Å². The van der Waals surface area contributed by atoms with Gasteiger partial charge in [0.2, 0.25) is 0 Å². The Morgan fingerprint density at radius 3 is 2.50 bits per heavy atom. The van der Waals surface area contributed by atoms with E-state index in [9.17, 15) is 10.0 Å². The summed E-state index contributed by atoms with van der Waals surface area (Å²) in [5.74, 6) is -0.281. The van der Waals surface area contributed by atoms with Crippen molar-refractivity contribution in [3.63, 3.8) is 0 Å². The average molecular weight is 221 g/mol. The lowest BCUT2D eigenvalue weighted by Gasteiger charge is -2.27. The van der Waals surface area contributed by atoms with E-state index in [1.165, 1.54) is 5.06 Å². The predicted molar refractivity (Wildman–Crippen MR) is 58.2 cm³/mol. The van der Waals surface area contributed by atoms with Gasteiger partial charge in [-0.1, -0.05) is 18.2 Å². The number of esters is 1. The number of benzene rings is 1. The molecule has 16 heavy (non-hydrogen) atoms. The molecule has 1 aliphatic heterocycles. The minimum atomic E-state index is -0.281. The molecule has 0 spiro atoms. The van der Waals surface area contributed by atoms with Gasteiger partial charge in [0.15, 0.2) is 0 Å². The van der Waals surface area contributed by atoms with Gasteiger partial charge in [-0.3, -0.25) is 0 Å². The lowest BCUT2D eigenvalue weighted by Crippen LogP contribution is -2.35. The molecule has 0 bridgehead atoms. The molecule has 1 heterocycles. The van der Waals surface area contributed by atoms with Crippen LogP contribution in [-0.4, -0.2) is 35.4 Å². The maximum Gasteiger partial charge on any atom is 0.338 e. The van der Waals surface area contributed by atoms with Crippen molar-refractivity contribution >= 4 is 5.97 Å². The molecule has 1 saturated heterocycles. The van der Waals surface area contributed by atoms with Gasteiger partial charge in [-0.25, -0.2) is 4.79 Å². The summed E-state index contributed by atoms with van der Waals surface area (Å²) in [6, 6.07) is 8.97. The van der Waals surface area contributed by atoms with Gasteiger partial charge in [-0.2, -0.15) is 5.06 Å². The third-order valence-electron chi connectivity index (χ3n) is 2.70. The van der Waals surface area contributed by atoms with E-state index in [-0.39, 0.29) is 12.1 Å². The molecule has 1 aliphatic rings. The molecule has 0 radical (unpaired) electrons. The summed E-state index contributed by atoms with van der Waals surface area (Å²) in [6.45, 7) is 1.12. The van der Waals surface area contributed by atoms with Gasteiger partial charge in [0, 0.05) is 13.1 Å². The Morgan fingerprint density at radius 2 is 1.88 bits per heavy atom. The van der Waals surface area contributed by atoms with E-state index in [0.29, 0.717) is 31.5 Å². The summed E-state index contributed by atoms with van der Waals surface area (Å²) in [5.41, 5.74) is 0.578. The predicted octanol–water partition coefficient (Wildman–Crippen LogP) is 1.70. The third-order valence-corrected chi connectivity index (χ3v) is 2.70. The van der Waals surface area contributed by atoms with Crippen LogP contribution in [-0.2, 0) is 4.74 Å². The largest absolute Gasteiger partial charge is 0.459 e. The highest BCUT2D eigenvalue weighted by molar-refractivity contribution is 5.89. The van der Waals surface area contributed by atoms with E-state index in [0.717, 1.165) is 0 Å². The fourth-order valence-corrected chi connectivity index (χ4v) is 1.75.